The van der Waals surface area contributed by atoms with E-state index in [1.54, 1.807) is 48.5 Å². The molecule has 0 aliphatic heterocycles. The Kier molecular flexibility index (Phi) is 7.85. The van der Waals surface area contributed by atoms with Crippen LogP contribution in [0.15, 0.2) is 88.2 Å². The summed E-state index contributed by atoms with van der Waals surface area (Å²) in [5.74, 6) is 0.601. The molecule has 0 saturated carbocycles. The summed E-state index contributed by atoms with van der Waals surface area (Å²) in [6, 6.07) is 23.0. The number of hydrogen-bond acceptors (Lipinski definition) is 6. The molecule has 0 amide bonds. The number of carboxylic acid groups (broad SMARTS) is 1. The van der Waals surface area contributed by atoms with Crippen molar-refractivity contribution in [1.29, 1.82) is 0 Å². The number of aryl methyl sites for hydroxylation is 2. The number of sulfone groups is 1. The molecule has 0 aliphatic carbocycles. The summed E-state index contributed by atoms with van der Waals surface area (Å²) in [6.45, 7) is 2.18. The van der Waals surface area contributed by atoms with Crippen LogP contribution in [0.4, 0.5) is 0 Å². The molecular weight excluding hydrogens is 478 g/mol. The van der Waals surface area contributed by atoms with Crippen LogP contribution in [0, 0.1) is 6.92 Å². The third kappa shape index (κ3) is 6.40. The highest BCUT2D eigenvalue weighted by Crippen LogP contribution is 2.25. The van der Waals surface area contributed by atoms with Gasteiger partial charge in [-0.1, -0.05) is 42.5 Å². The first-order valence-electron chi connectivity index (χ1n) is 11.6. The Morgan fingerprint density at radius 1 is 0.944 bits per heavy atom. The molecule has 186 valence electrons. The monoisotopic (exact) mass is 505 g/mol. The molecule has 4 aromatic rings. The summed E-state index contributed by atoms with van der Waals surface area (Å²) in [6.07, 6.45) is 0.657. The number of carbonyl (C=O) groups is 1. The number of ether oxygens (including phenoxy) is 1. The molecule has 0 radical (unpaired) electrons. The van der Waals surface area contributed by atoms with E-state index in [4.69, 9.17) is 14.3 Å². The van der Waals surface area contributed by atoms with Gasteiger partial charge in [0.05, 0.1) is 22.9 Å². The molecule has 1 N–H and O–H groups in total. The fourth-order valence-electron chi connectivity index (χ4n) is 3.86. The number of benzene rings is 3. The molecule has 36 heavy (non-hydrogen) atoms. The second-order valence-electron chi connectivity index (χ2n) is 8.38. The van der Waals surface area contributed by atoms with E-state index >= 15 is 0 Å². The molecule has 0 aliphatic rings. The normalized spacial score (nSPS) is 11.4. The van der Waals surface area contributed by atoms with E-state index in [0.717, 1.165) is 17.0 Å². The number of aromatic nitrogens is 1. The lowest BCUT2D eigenvalue weighted by atomic mass is 10.0. The van der Waals surface area contributed by atoms with Crippen LogP contribution >= 0.6 is 0 Å². The summed E-state index contributed by atoms with van der Waals surface area (Å²) in [5, 5.41) is 9.10. The van der Waals surface area contributed by atoms with Gasteiger partial charge >= 0.3 is 5.97 Å². The number of nitrogens with zero attached hydrogens (tertiary/aromatic N) is 1. The van der Waals surface area contributed by atoms with E-state index in [9.17, 15) is 13.2 Å². The Bertz CT molecular complexity index is 1430. The van der Waals surface area contributed by atoms with E-state index in [0.29, 0.717) is 35.8 Å². The second kappa shape index (κ2) is 11.2. The van der Waals surface area contributed by atoms with Crippen molar-refractivity contribution >= 4 is 15.8 Å². The van der Waals surface area contributed by atoms with Crippen molar-refractivity contribution in [3.8, 4) is 17.2 Å². The molecule has 7 nitrogen and oxygen atoms in total. The number of oxazole rings is 1. The highest BCUT2D eigenvalue weighted by atomic mass is 32.2. The van der Waals surface area contributed by atoms with Crippen LogP contribution in [0.5, 0.6) is 5.75 Å². The van der Waals surface area contributed by atoms with Crippen LogP contribution in [-0.2, 0) is 33.2 Å². The van der Waals surface area contributed by atoms with Crippen LogP contribution in [0.3, 0.4) is 0 Å². The molecule has 0 bridgehead atoms. The minimum Gasteiger partial charge on any atom is -0.493 e. The summed E-state index contributed by atoms with van der Waals surface area (Å²) < 4.78 is 37.7. The molecule has 0 atom stereocenters. The predicted octanol–water partition coefficient (Wildman–Crippen LogP) is 5.26. The first-order chi connectivity index (χ1) is 17.3. The molecule has 4 rings (SSSR count). The molecule has 0 unspecified atom stereocenters. The number of aliphatic carboxylic acids is 1. The molecule has 0 fully saturated rings. The number of rotatable bonds is 11. The first-order valence-corrected chi connectivity index (χ1v) is 13.2. The summed E-state index contributed by atoms with van der Waals surface area (Å²) >= 11 is 0. The Hall–Kier alpha value is -3.91. The maximum absolute atomic E-state index is 13.0. The third-order valence-electron chi connectivity index (χ3n) is 5.75. The van der Waals surface area contributed by atoms with Gasteiger partial charge in [-0.3, -0.25) is 4.79 Å². The van der Waals surface area contributed by atoms with E-state index < -0.39 is 15.8 Å². The lowest BCUT2D eigenvalue weighted by Crippen LogP contribution is -2.09. The lowest BCUT2D eigenvalue weighted by molar-refractivity contribution is -0.136. The Labute approximate surface area is 210 Å². The van der Waals surface area contributed by atoms with Crippen molar-refractivity contribution in [2.75, 3.05) is 6.61 Å². The maximum Gasteiger partial charge on any atom is 0.303 e. The first kappa shape index (κ1) is 25.2. The Balaban J connectivity index is 1.49. The fourth-order valence-corrected chi connectivity index (χ4v) is 5.27. The quantitative estimate of drug-likeness (QED) is 0.296. The van der Waals surface area contributed by atoms with Gasteiger partial charge in [0.15, 0.2) is 9.84 Å². The van der Waals surface area contributed by atoms with Crippen molar-refractivity contribution in [3.05, 3.63) is 101 Å². The zero-order valence-electron chi connectivity index (χ0n) is 19.9. The number of carboxylic acids is 1. The minimum atomic E-state index is -3.61. The van der Waals surface area contributed by atoms with Gasteiger partial charge in [0.2, 0.25) is 5.89 Å². The van der Waals surface area contributed by atoms with Crippen molar-refractivity contribution < 1.29 is 27.5 Å². The third-order valence-corrected chi connectivity index (χ3v) is 7.44. The van der Waals surface area contributed by atoms with Gasteiger partial charge in [0.1, 0.15) is 11.5 Å². The standard InChI is InChI=1S/C28H27NO6S/c1-20-26(29-28(35-20)22-8-4-2-5-9-22)16-17-34-24-14-12-21(13-15-27(30)31)23(18-24)19-36(32,33)25-10-6-3-7-11-25/h2-12,14,18H,13,15-17,19H2,1H3,(H,30,31). The van der Waals surface area contributed by atoms with Gasteiger partial charge in [-0.05, 0) is 60.9 Å². The molecular formula is C28H27NO6S. The molecule has 1 heterocycles. The average molecular weight is 506 g/mol. The predicted molar refractivity (Wildman–Crippen MR) is 136 cm³/mol. The Morgan fingerprint density at radius 3 is 2.33 bits per heavy atom. The lowest BCUT2D eigenvalue weighted by Gasteiger charge is -2.13. The van der Waals surface area contributed by atoms with E-state index in [2.05, 4.69) is 4.98 Å². The molecule has 3 aromatic carbocycles. The highest BCUT2D eigenvalue weighted by molar-refractivity contribution is 7.90. The van der Waals surface area contributed by atoms with Crippen molar-refractivity contribution in [2.24, 2.45) is 0 Å². The molecule has 0 saturated heterocycles. The smallest absolute Gasteiger partial charge is 0.303 e. The summed E-state index contributed by atoms with van der Waals surface area (Å²) in [4.78, 5) is 15.9. The summed E-state index contributed by atoms with van der Waals surface area (Å²) in [5.41, 5.74) is 2.89. The van der Waals surface area contributed by atoms with Crippen LogP contribution in [0.1, 0.15) is 29.0 Å². The SMILES string of the molecule is Cc1oc(-c2ccccc2)nc1CCOc1ccc(CCC(=O)O)c(CS(=O)(=O)c2ccccc2)c1. The van der Waals surface area contributed by atoms with Crippen LogP contribution < -0.4 is 4.74 Å². The van der Waals surface area contributed by atoms with Crippen LogP contribution in [0.25, 0.3) is 11.5 Å². The zero-order valence-corrected chi connectivity index (χ0v) is 20.7. The fraction of sp³-hybridized carbons (Fsp3) is 0.214. The van der Waals surface area contributed by atoms with Crippen LogP contribution in [-0.4, -0.2) is 31.1 Å². The molecule has 1 aromatic heterocycles. The average Bonchev–Trinajstić information content (AvgIpc) is 3.24. The molecule has 0 spiro atoms. The topological polar surface area (TPSA) is 107 Å². The molecule has 8 heteroatoms. The number of hydrogen-bond donors (Lipinski definition) is 1. The maximum atomic E-state index is 13.0. The van der Waals surface area contributed by atoms with Gasteiger partial charge < -0.3 is 14.3 Å². The minimum absolute atomic E-state index is 0.0895. The van der Waals surface area contributed by atoms with Gasteiger partial charge in [0, 0.05) is 18.4 Å². The van der Waals surface area contributed by atoms with Gasteiger partial charge in [-0.2, -0.15) is 0 Å². The van der Waals surface area contributed by atoms with Crippen molar-refractivity contribution in [1.82, 2.24) is 4.98 Å². The van der Waals surface area contributed by atoms with Gasteiger partial charge in [-0.15, -0.1) is 0 Å². The van der Waals surface area contributed by atoms with E-state index in [-0.39, 0.29) is 23.5 Å². The van der Waals surface area contributed by atoms with E-state index in [1.165, 1.54) is 0 Å². The van der Waals surface area contributed by atoms with Gasteiger partial charge in [-0.25, -0.2) is 13.4 Å². The van der Waals surface area contributed by atoms with Crippen molar-refractivity contribution in [3.63, 3.8) is 0 Å². The Morgan fingerprint density at radius 2 is 1.64 bits per heavy atom. The zero-order chi connectivity index (χ0) is 25.5. The van der Waals surface area contributed by atoms with E-state index in [1.807, 2.05) is 37.3 Å². The van der Waals surface area contributed by atoms with Gasteiger partial charge in [0.25, 0.3) is 0 Å². The largest absolute Gasteiger partial charge is 0.493 e. The summed E-state index contributed by atoms with van der Waals surface area (Å²) in [7, 11) is -3.61. The van der Waals surface area contributed by atoms with Crippen LogP contribution in [0.2, 0.25) is 0 Å². The second-order valence-corrected chi connectivity index (χ2v) is 10.4. The highest BCUT2D eigenvalue weighted by Gasteiger charge is 2.19. The van der Waals surface area contributed by atoms with Crippen molar-refractivity contribution in [2.45, 2.75) is 36.8 Å².